The maximum atomic E-state index is 12.6. The molecule has 0 spiro atoms. The molecule has 0 fully saturated rings. The zero-order valence-electron chi connectivity index (χ0n) is 17.1. The van der Waals surface area contributed by atoms with E-state index in [-0.39, 0.29) is 18.3 Å². The fourth-order valence-electron chi connectivity index (χ4n) is 2.63. The number of benzene rings is 2. The molecule has 0 saturated heterocycles. The van der Waals surface area contributed by atoms with E-state index in [1.807, 2.05) is 63.2 Å². The standard InChI is InChI=1S/C23H29NO4/c1-23(2,3)28-21(25)14-9-15-24(4)22(26)19-12-8-13-20(16-19)27-17-18-10-6-5-7-11-18/h5-8,10-13,16H,9,14-15,17H2,1-4H3. The molecule has 5 heteroatoms. The molecule has 0 aliphatic heterocycles. The van der Waals surface area contributed by atoms with Gasteiger partial charge in [0.1, 0.15) is 18.0 Å². The van der Waals surface area contributed by atoms with Crippen LogP contribution in [-0.4, -0.2) is 36.0 Å². The van der Waals surface area contributed by atoms with Gasteiger partial charge in [-0.1, -0.05) is 36.4 Å². The molecular formula is C23H29NO4. The zero-order valence-corrected chi connectivity index (χ0v) is 17.1. The minimum atomic E-state index is -0.487. The largest absolute Gasteiger partial charge is 0.489 e. The monoisotopic (exact) mass is 383 g/mol. The molecule has 0 unspecified atom stereocenters. The molecule has 0 saturated carbocycles. The smallest absolute Gasteiger partial charge is 0.306 e. The highest BCUT2D eigenvalue weighted by Crippen LogP contribution is 2.17. The normalized spacial score (nSPS) is 11.0. The molecule has 0 heterocycles. The van der Waals surface area contributed by atoms with E-state index in [1.165, 1.54) is 0 Å². The molecule has 0 aliphatic carbocycles. The van der Waals surface area contributed by atoms with Crippen LogP contribution in [0.5, 0.6) is 5.75 Å². The molecule has 0 radical (unpaired) electrons. The van der Waals surface area contributed by atoms with E-state index in [0.717, 1.165) is 5.56 Å². The van der Waals surface area contributed by atoms with Crippen molar-refractivity contribution in [1.82, 2.24) is 4.90 Å². The predicted octanol–water partition coefficient (Wildman–Crippen LogP) is 4.46. The molecule has 0 aromatic heterocycles. The summed E-state index contributed by atoms with van der Waals surface area (Å²) >= 11 is 0. The second-order valence-electron chi connectivity index (χ2n) is 7.72. The van der Waals surface area contributed by atoms with Crippen molar-refractivity contribution in [3.63, 3.8) is 0 Å². The van der Waals surface area contributed by atoms with Gasteiger partial charge in [-0.25, -0.2) is 0 Å². The Morgan fingerprint density at radius 1 is 1.00 bits per heavy atom. The molecule has 0 atom stereocenters. The van der Waals surface area contributed by atoms with Crippen molar-refractivity contribution in [1.29, 1.82) is 0 Å². The lowest BCUT2D eigenvalue weighted by molar-refractivity contribution is -0.154. The first-order valence-corrected chi connectivity index (χ1v) is 9.49. The lowest BCUT2D eigenvalue weighted by Crippen LogP contribution is -2.29. The summed E-state index contributed by atoms with van der Waals surface area (Å²) in [7, 11) is 1.73. The Labute approximate surface area is 167 Å². The third-order valence-electron chi connectivity index (χ3n) is 3.97. The summed E-state index contributed by atoms with van der Waals surface area (Å²) in [4.78, 5) is 26.0. The van der Waals surface area contributed by atoms with Gasteiger partial charge in [-0.15, -0.1) is 0 Å². The maximum absolute atomic E-state index is 12.6. The van der Waals surface area contributed by atoms with Crippen molar-refractivity contribution in [2.75, 3.05) is 13.6 Å². The van der Waals surface area contributed by atoms with E-state index in [1.54, 1.807) is 24.1 Å². The number of ether oxygens (including phenoxy) is 2. The third kappa shape index (κ3) is 7.43. The fourth-order valence-corrected chi connectivity index (χ4v) is 2.63. The van der Waals surface area contributed by atoms with Crippen LogP contribution in [-0.2, 0) is 16.1 Å². The van der Waals surface area contributed by atoms with Gasteiger partial charge in [0.05, 0.1) is 0 Å². The molecule has 0 bridgehead atoms. The lowest BCUT2D eigenvalue weighted by Gasteiger charge is -2.20. The van der Waals surface area contributed by atoms with Crippen LogP contribution in [0.2, 0.25) is 0 Å². The fraction of sp³-hybridized carbons (Fsp3) is 0.391. The van der Waals surface area contributed by atoms with E-state index < -0.39 is 5.60 Å². The van der Waals surface area contributed by atoms with E-state index in [2.05, 4.69) is 0 Å². The van der Waals surface area contributed by atoms with Gasteiger partial charge >= 0.3 is 5.97 Å². The summed E-state index contributed by atoms with van der Waals surface area (Å²) in [6.07, 6.45) is 0.844. The summed E-state index contributed by atoms with van der Waals surface area (Å²) in [5.41, 5.74) is 1.14. The Morgan fingerprint density at radius 3 is 2.39 bits per heavy atom. The number of esters is 1. The highest BCUT2D eigenvalue weighted by Gasteiger charge is 2.17. The summed E-state index contributed by atoms with van der Waals surface area (Å²) in [6, 6.07) is 17.0. The molecule has 1 amide bonds. The van der Waals surface area contributed by atoms with Gasteiger partial charge in [-0.05, 0) is 51.0 Å². The topological polar surface area (TPSA) is 55.8 Å². The SMILES string of the molecule is CN(CCCC(=O)OC(C)(C)C)C(=O)c1cccc(OCc2ccccc2)c1. The van der Waals surface area contributed by atoms with Crippen LogP contribution in [0, 0.1) is 0 Å². The quantitative estimate of drug-likeness (QED) is 0.632. The zero-order chi connectivity index (χ0) is 20.6. The van der Waals surface area contributed by atoms with Crippen LogP contribution in [0.25, 0.3) is 0 Å². The van der Waals surface area contributed by atoms with Crippen molar-refractivity contribution in [2.45, 2.75) is 45.8 Å². The average molecular weight is 383 g/mol. The second kappa shape index (κ2) is 9.93. The lowest BCUT2D eigenvalue weighted by atomic mass is 10.1. The summed E-state index contributed by atoms with van der Waals surface area (Å²) < 4.78 is 11.1. The Morgan fingerprint density at radius 2 is 1.71 bits per heavy atom. The van der Waals surface area contributed by atoms with Crippen molar-refractivity contribution in [3.05, 3.63) is 65.7 Å². The van der Waals surface area contributed by atoms with Gasteiger partial charge in [-0.2, -0.15) is 0 Å². The molecule has 0 aliphatic rings. The van der Waals surface area contributed by atoms with Gasteiger partial charge in [0.15, 0.2) is 0 Å². The van der Waals surface area contributed by atoms with E-state index >= 15 is 0 Å². The van der Waals surface area contributed by atoms with Crippen LogP contribution < -0.4 is 4.74 Å². The van der Waals surface area contributed by atoms with Crippen LogP contribution >= 0.6 is 0 Å². The van der Waals surface area contributed by atoms with Crippen LogP contribution in [0.1, 0.15) is 49.5 Å². The minimum Gasteiger partial charge on any atom is -0.489 e. The first-order valence-electron chi connectivity index (χ1n) is 9.49. The number of rotatable bonds is 8. The van der Waals surface area contributed by atoms with Gasteiger partial charge in [0.2, 0.25) is 0 Å². The van der Waals surface area contributed by atoms with Crippen molar-refractivity contribution in [2.24, 2.45) is 0 Å². The van der Waals surface area contributed by atoms with Gasteiger partial charge in [0, 0.05) is 25.6 Å². The molecular weight excluding hydrogens is 354 g/mol. The van der Waals surface area contributed by atoms with Crippen molar-refractivity contribution < 1.29 is 19.1 Å². The minimum absolute atomic E-state index is 0.102. The van der Waals surface area contributed by atoms with Crippen LogP contribution in [0.15, 0.2) is 54.6 Å². The van der Waals surface area contributed by atoms with Crippen molar-refractivity contribution in [3.8, 4) is 5.75 Å². The van der Waals surface area contributed by atoms with Crippen molar-refractivity contribution >= 4 is 11.9 Å². The first-order chi connectivity index (χ1) is 13.2. The number of hydrogen-bond acceptors (Lipinski definition) is 4. The van der Waals surface area contributed by atoms with Gasteiger partial charge in [0.25, 0.3) is 5.91 Å². The highest BCUT2D eigenvalue weighted by atomic mass is 16.6. The molecule has 0 N–H and O–H groups in total. The maximum Gasteiger partial charge on any atom is 0.306 e. The van der Waals surface area contributed by atoms with Gasteiger partial charge in [-0.3, -0.25) is 9.59 Å². The summed E-state index contributed by atoms with van der Waals surface area (Å²) in [6.45, 7) is 6.45. The average Bonchev–Trinajstić information content (AvgIpc) is 2.65. The predicted molar refractivity (Wildman–Crippen MR) is 109 cm³/mol. The molecule has 150 valence electrons. The molecule has 2 aromatic carbocycles. The summed E-state index contributed by atoms with van der Waals surface area (Å²) in [5.74, 6) is 0.302. The molecule has 28 heavy (non-hydrogen) atoms. The number of nitrogens with zero attached hydrogens (tertiary/aromatic N) is 1. The van der Waals surface area contributed by atoms with Gasteiger partial charge < -0.3 is 14.4 Å². The molecule has 2 aromatic rings. The third-order valence-corrected chi connectivity index (χ3v) is 3.97. The Kier molecular flexibility index (Phi) is 7.61. The number of carbonyl (C=O) groups excluding carboxylic acids is 2. The van der Waals surface area contributed by atoms with E-state index in [9.17, 15) is 9.59 Å². The highest BCUT2D eigenvalue weighted by molar-refractivity contribution is 5.94. The van der Waals surface area contributed by atoms with Crippen LogP contribution in [0.3, 0.4) is 0 Å². The molecule has 2 rings (SSSR count). The van der Waals surface area contributed by atoms with Crippen LogP contribution in [0.4, 0.5) is 0 Å². The first kappa shape index (κ1) is 21.5. The Bertz CT molecular complexity index is 781. The summed E-state index contributed by atoms with van der Waals surface area (Å²) in [5, 5.41) is 0. The van der Waals surface area contributed by atoms with E-state index in [0.29, 0.717) is 30.9 Å². The molecule has 5 nitrogen and oxygen atoms in total. The van der Waals surface area contributed by atoms with E-state index in [4.69, 9.17) is 9.47 Å². The number of amides is 1. The number of hydrogen-bond donors (Lipinski definition) is 0. The Hall–Kier alpha value is -2.82. The number of carbonyl (C=O) groups is 2. The Balaban J connectivity index is 1.84. The second-order valence-corrected chi connectivity index (χ2v) is 7.72.